The quantitative estimate of drug-likeness (QED) is 0.350. The van der Waals surface area contributed by atoms with Gasteiger partial charge in [-0.2, -0.15) is 0 Å². The van der Waals surface area contributed by atoms with Gasteiger partial charge >= 0.3 is 5.97 Å². The molecule has 0 fully saturated rings. The maximum absolute atomic E-state index is 12.3. The number of aliphatic imine (C=N–C) groups is 1. The first kappa shape index (κ1) is 18.9. The third kappa shape index (κ3) is 3.39. The van der Waals surface area contributed by atoms with Gasteiger partial charge in [0, 0.05) is 33.6 Å². The molecule has 0 saturated heterocycles. The number of benzene rings is 2. The van der Waals surface area contributed by atoms with Crippen LogP contribution in [0.1, 0.15) is 22.8 Å². The van der Waals surface area contributed by atoms with Crippen molar-refractivity contribution in [1.29, 1.82) is 0 Å². The number of aromatic nitrogens is 1. The first-order valence-corrected chi connectivity index (χ1v) is 9.68. The standard InChI is InChI=1S/C20H11BrCl2N2O3/c1-10(26)25-9-11(14-7-12(21)2-5-18(14)25)6-17-20(27)28-19(24-17)15-8-13(22)3-4-16(15)23/h2-9H,1H3/b17-6+. The third-order valence-corrected chi connectivity index (χ3v) is 5.27. The molecule has 0 unspecified atom stereocenters. The lowest BCUT2D eigenvalue weighted by Crippen LogP contribution is -2.06. The molecular weight excluding hydrogens is 467 g/mol. The Labute approximate surface area is 178 Å². The van der Waals surface area contributed by atoms with E-state index in [0.717, 1.165) is 15.4 Å². The summed E-state index contributed by atoms with van der Waals surface area (Å²) >= 11 is 15.6. The SMILES string of the molecule is CC(=O)n1cc(/C=C2/N=C(c3cc(Cl)ccc3Cl)OC2=O)c2cc(Br)ccc21. The van der Waals surface area contributed by atoms with E-state index >= 15 is 0 Å². The van der Waals surface area contributed by atoms with Crippen molar-refractivity contribution in [2.24, 2.45) is 4.99 Å². The molecular formula is C20H11BrCl2N2O3. The summed E-state index contributed by atoms with van der Waals surface area (Å²) in [5, 5.41) is 1.62. The number of fused-ring (bicyclic) bond motifs is 1. The molecule has 0 N–H and O–H groups in total. The van der Waals surface area contributed by atoms with Crippen molar-refractivity contribution in [3.05, 3.63) is 73.9 Å². The van der Waals surface area contributed by atoms with Crippen molar-refractivity contribution in [1.82, 2.24) is 4.57 Å². The van der Waals surface area contributed by atoms with Crippen LogP contribution in [0.25, 0.3) is 17.0 Å². The Kier molecular flexibility index (Phi) is 4.87. The lowest BCUT2D eigenvalue weighted by molar-refractivity contribution is -0.129. The second kappa shape index (κ2) is 7.20. The Bertz CT molecular complexity index is 1230. The molecule has 0 atom stereocenters. The van der Waals surface area contributed by atoms with E-state index in [2.05, 4.69) is 20.9 Å². The van der Waals surface area contributed by atoms with Crippen LogP contribution in [0, 0.1) is 0 Å². The molecule has 3 aromatic rings. The summed E-state index contributed by atoms with van der Waals surface area (Å²) in [6.07, 6.45) is 3.25. The van der Waals surface area contributed by atoms with Crippen molar-refractivity contribution < 1.29 is 14.3 Å². The smallest absolute Gasteiger partial charge is 0.363 e. The number of cyclic esters (lactones) is 1. The Morgan fingerprint density at radius 2 is 2.00 bits per heavy atom. The molecule has 0 aliphatic carbocycles. The monoisotopic (exact) mass is 476 g/mol. The Morgan fingerprint density at radius 1 is 1.21 bits per heavy atom. The molecule has 0 radical (unpaired) electrons. The zero-order chi connectivity index (χ0) is 20.0. The summed E-state index contributed by atoms with van der Waals surface area (Å²) in [7, 11) is 0. The molecule has 1 aromatic heterocycles. The van der Waals surface area contributed by atoms with Crippen molar-refractivity contribution in [2.45, 2.75) is 6.92 Å². The van der Waals surface area contributed by atoms with Gasteiger partial charge in [0.15, 0.2) is 5.70 Å². The van der Waals surface area contributed by atoms with E-state index in [-0.39, 0.29) is 17.5 Å². The molecule has 4 rings (SSSR count). The summed E-state index contributed by atoms with van der Waals surface area (Å²) in [5.74, 6) is -0.661. The number of carbonyl (C=O) groups is 2. The lowest BCUT2D eigenvalue weighted by atomic mass is 10.1. The van der Waals surface area contributed by atoms with Crippen LogP contribution in [0.4, 0.5) is 0 Å². The summed E-state index contributed by atoms with van der Waals surface area (Å²) in [6.45, 7) is 1.47. The Morgan fingerprint density at radius 3 is 2.75 bits per heavy atom. The van der Waals surface area contributed by atoms with Crippen LogP contribution >= 0.6 is 39.1 Å². The summed E-state index contributed by atoms with van der Waals surface area (Å²) in [4.78, 5) is 28.6. The molecule has 2 heterocycles. The van der Waals surface area contributed by atoms with Gasteiger partial charge in [-0.15, -0.1) is 0 Å². The molecule has 5 nitrogen and oxygen atoms in total. The summed E-state index contributed by atoms with van der Waals surface area (Å²) in [6, 6.07) is 10.4. The zero-order valence-corrected chi connectivity index (χ0v) is 17.5. The largest absolute Gasteiger partial charge is 0.402 e. The predicted octanol–water partition coefficient (Wildman–Crippen LogP) is 5.72. The first-order chi connectivity index (χ1) is 13.3. The van der Waals surface area contributed by atoms with Gasteiger partial charge in [-0.1, -0.05) is 39.1 Å². The highest BCUT2D eigenvalue weighted by atomic mass is 79.9. The molecule has 0 bridgehead atoms. The van der Waals surface area contributed by atoms with Crippen molar-refractivity contribution in [3.63, 3.8) is 0 Å². The van der Waals surface area contributed by atoms with E-state index in [9.17, 15) is 9.59 Å². The molecule has 2 aromatic carbocycles. The number of hydrogen-bond donors (Lipinski definition) is 0. The van der Waals surface area contributed by atoms with E-state index in [1.807, 2.05) is 18.2 Å². The fraction of sp³-hybridized carbons (Fsp3) is 0.0500. The van der Waals surface area contributed by atoms with Gasteiger partial charge < -0.3 is 4.74 Å². The van der Waals surface area contributed by atoms with Crippen LogP contribution in [-0.4, -0.2) is 22.3 Å². The second-order valence-corrected chi connectivity index (χ2v) is 7.85. The van der Waals surface area contributed by atoms with Crippen LogP contribution in [0.15, 0.2) is 57.8 Å². The van der Waals surface area contributed by atoms with E-state index in [1.165, 1.54) is 11.5 Å². The van der Waals surface area contributed by atoms with Gasteiger partial charge in [-0.25, -0.2) is 9.79 Å². The maximum Gasteiger partial charge on any atom is 0.363 e. The molecule has 8 heteroatoms. The normalized spacial score (nSPS) is 15.2. The highest BCUT2D eigenvalue weighted by Crippen LogP contribution is 2.30. The number of halogens is 3. The molecule has 28 heavy (non-hydrogen) atoms. The number of carbonyl (C=O) groups excluding carboxylic acids is 2. The van der Waals surface area contributed by atoms with Crippen LogP contribution < -0.4 is 0 Å². The Balaban J connectivity index is 1.84. The topological polar surface area (TPSA) is 60.7 Å². The summed E-state index contributed by atoms with van der Waals surface area (Å²) in [5.41, 5.74) is 1.94. The van der Waals surface area contributed by atoms with E-state index < -0.39 is 5.97 Å². The number of hydrogen-bond acceptors (Lipinski definition) is 4. The molecule has 0 spiro atoms. The number of esters is 1. The van der Waals surface area contributed by atoms with Crippen LogP contribution in [-0.2, 0) is 9.53 Å². The van der Waals surface area contributed by atoms with Gasteiger partial charge in [0.2, 0.25) is 11.8 Å². The summed E-state index contributed by atoms with van der Waals surface area (Å²) < 4.78 is 7.65. The van der Waals surface area contributed by atoms with Gasteiger partial charge in [-0.05, 0) is 42.5 Å². The van der Waals surface area contributed by atoms with Crippen LogP contribution in [0.5, 0.6) is 0 Å². The number of rotatable bonds is 2. The minimum absolute atomic E-state index is 0.0836. The average Bonchev–Trinajstić information content (AvgIpc) is 3.18. The van der Waals surface area contributed by atoms with Crippen molar-refractivity contribution >= 4 is 73.9 Å². The van der Waals surface area contributed by atoms with Gasteiger partial charge in [-0.3, -0.25) is 9.36 Å². The highest BCUT2D eigenvalue weighted by Gasteiger charge is 2.26. The third-order valence-electron chi connectivity index (χ3n) is 4.21. The van der Waals surface area contributed by atoms with E-state index in [1.54, 1.807) is 30.5 Å². The van der Waals surface area contributed by atoms with Gasteiger partial charge in [0.05, 0.1) is 16.1 Å². The van der Waals surface area contributed by atoms with Crippen LogP contribution in [0.2, 0.25) is 10.0 Å². The van der Waals surface area contributed by atoms with E-state index in [0.29, 0.717) is 21.2 Å². The molecule has 0 amide bonds. The zero-order valence-electron chi connectivity index (χ0n) is 14.4. The fourth-order valence-corrected chi connectivity index (χ4v) is 3.67. The predicted molar refractivity (Wildman–Crippen MR) is 113 cm³/mol. The van der Waals surface area contributed by atoms with Crippen LogP contribution in [0.3, 0.4) is 0 Å². The molecule has 1 aliphatic rings. The first-order valence-electron chi connectivity index (χ1n) is 8.13. The second-order valence-electron chi connectivity index (χ2n) is 6.10. The van der Waals surface area contributed by atoms with E-state index in [4.69, 9.17) is 27.9 Å². The minimum atomic E-state index is -0.607. The highest BCUT2D eigenvalue weighted by molar-refractivity contribution is 9.10. The molecule has 140 valence electrons. The number of ether oxygens (including phenoxy) is 1. The van der Waals surface area contributed by atoms with Gasteiger partial charge in [0.25, 0.3) is 0 Å². The maximum atomic E-state index is 12.3. The Hall–Kier alpha value is -2.41. The van der Waals surface area contributed by atoms with Crippen molar-refractivity contribution in [2.75, 3.05) is 0 Å². The lowest BCUT2D eigenvalue weighted by Gasteiger charge is -2.02. The molecule has 0 saturated carbocycles. The average molecular weight is 478 g/mol. The fourth-order valence-electron chi connectivity index (χ4n) is 2.94. The minimum Gasteiger partial charge on any atom is -0.402 e. The molecule has 1 aliphatic heterocycles. The number of nitrogens with zero attached hydrogens (tertiary/aromatic N) is 2. The van der Waals surface area contributed by atoms with Gasteiger partial charge in [0.1, 0.15) is 0 Å². The van der Waals surface area contributed by atoms with Crippen molar-refractivity contribution in [3.8, 4) is 0 Å².